The standard InChI is InChI=1S/C11H14BrClN2O3S/c1-6(2)5-15-11(16)7-3-10(19(14,17)18)8(12)4-9(7)13/h3-4,6H,5H2,1-2H3,(H,15,16)(H2,14,17,18). The van der Waals surface area contributed by atoms with Crippen LogP contribution in [0.15, 0.2) is 21.5 Å². The maximum atomic E-state index is 11.9. The number of carbonyl (C=O) groups excluding carboxylic acids is 1. The third-order valence-electron chi connectivity index (χ3n) is 2.24. The molecule has 0 aliphatic heterocycles. The summed E-state index contributed by atoms with van der Waals surface area (Å²) in [6.45, 7) is 4.36. The van der Waals surface area contributed by atoms with Gasteiger partial charge in [-0.25, -0.2) is 13.6 Å². The second-order valence-corrected chi connectivity index (χ2v) is 7.20. The molecule has 8 heteroatoms. The third kappa shape index (κ3) is 4.45. The Hall–Kier alpha value is -0.630. The van der Waals surface area contributed by atoms with Crippen molar-refractivity contribution in [2.24, 2.45) is 11.1 Å². The molecule has 5 nitrogen and oxygen atoms in total. The van der Waals surface area contributed by atoms with Gasteiger partial charge in [-0.2, -0.15) is 0 Å². The number of nitrogens with one attached hydrogen (secondary N) is 1. The molecular weight excluding hydrogens is 356 g/mol. The molecule has 19 heavy (non-hydrogen) atoms. The summed E-state index contributed by atoms with van der Waals surface area (Å²) in [5.41, 5.74) is 0.0783. The van der Waals surface area contributed by atoms with E-state index in [1.165, 1.54) is 6.07 Å². The molecule has 106 valence electrons. The minimum atomic E-state index is -3.92. The van der Waals surface area contributed by atoms with Crippen LogP contribution in [0.25, 0.3) is 0 Å². The molecular formula is C11H14BrClN2O3S. The van der Waals surface area contributed by atoms with Gasteiger partial charge >= 0.3 is 0 Å². The van der Waals surface area contributed by atoms with E-state index >= 15 is 0 Å². The van der Waals surface area contributed by atoms with E-state index in [1.807, 2.05) is 13.8 Å². The van der Waals surface area contributed by atoms with Crippen molar-refractivity contribution in [2.75, 3.05) is 6.54 Å². The van der Waals surface area contributed by atoms with Crippen molar-refractivity contribution in [3.63, 3.8) is 0 Å². The molecule has 0 heterocycles. The first-order valence-electron chi connectivity index (χ1n) is 5.43. The largest absolute Gasteiger partial charge is 0.352 e. The summed E-state index contributed by atoms with van der Waals surface area (Å²) >= 11 is 8.99. The molecule has 0 atom stereocenters. The second kappa shape index (κ2) is 6.21. The van der Waals surface area contributed by atoms with Gasteiger partial charge in [0.25, 0.3) is 5.91 Å². The fourth-order valence-corrected chi connectivity index (χ4v) is 3.33. The number of rotatable bonds is 4. The maximum absolute atomic E-state index is 11.9. The van der Waals surface area contributed by atoms with E-state index in [1.54, 1.807) is 0 Å². The van der Waals surface area contributed by atoms with Crippen LogP contribution in [0, 0.1) is 5.92 Å². The van der Waals surface area contributed by atoms with Crippen LogP contribution in [0.2, 0.25) is 5.02 Å². The monoisotopic (exact) mass is 368 g/mol. The first-order valence-corrected chi connectivity index (χ1v) is 8.14. The number of primary sulfonamides is 1. The smallest absolute Gasteiger partial charge is 0.252 e. The fourth-order valence-electron chi connectivity index (χ4n) is 1.31. The van der Waals surface area contributed by atoms with Gasteiger partial charge in [-0.05, 0) is 34.0 Å². The van der Waals surface area contributed by atoms with Gasteiger partial charge in [0.2, 0.25) is 10.0 Å². The molecule has 0 aliphatic carbocycles. The van der Waals surface area contributed by atoms with Gasteiger partial charge in [-0.1, -0.05) is 25.4 Å². The molecule has 0 spiro atoms. The van der Waals surface area contributed by atoms with Crippen LogP contribution in [0.3, 0.4) is 0 Å². The Bertz CT molecular complexity index is 602. The Balaban J connectivity index is 3.19. The second-order valence-electron chi connectivity index (χ2n) is 4.41. The highest BCUT2D eigenvalue weighted by Crippen LogP contribution is 2.28. The summed E-state index contributed by atoms with van der Waals surface area (Å²) in [5.74, 6) is -0.160. The average Bonchev–Trinajstić information content (AvgIpc) is 2.24. The first kappa shape index (κ1) is 16.4. The molecule has 3 N–H and O–H groups in total. The third-order valence-corrected chi connectivity index (χ3v) is 4.43. The van der Waals surface area contributed by atoms with Crippen LogP contribution < -0.4 is 10.5 Å². The van der Waals surface area contributed by atoms with Crippen LogP contribution in [0.5, 0.6) is 0 Å². The summed E-state index contributed by atoms with van der Waals surface area (Å²) in [7, 11) is -3.92. The average molecular weight is 370 g/mol. The molecule has 0 unspecified atom stereocenters. The molecule has 0 fully saturated rings. The molecule has 0 aliphatic rings. The van der Waals surface area contributed by atoms with Gasteiger partial charge in [-0.15, -0.1) is 0 Å². The van der Waals surface area contributed by atoms with Crippen molar-refractivity contribution >= 4 is 43.5 Å². The van der Waals surface area contributed by atoms with Crippen LogP contribution in [0.1, 0.15) is 24.2 Å². The van der Waals surface area contributed by atoms with Crippen molar-refractivity contribution in [2.45, 2.75) is 18.7 Å². The Labute approximate surface area is 125 Å². The lowest BCUT2D eigenvalue weighted by molar-refractivity contribution is 0.0949. The van der Waals surface area contributed by atoms with Gasteiger partial charge in [0.15, 0.2) is 0 Å². The minimum Gasteiger partial charge on any atom is -0.352 e. The van der Waals surface area contributed by atoms with Gasteiger partial charge in [-0.3, -0.25) is 4.79 Å². The van der Waals surface area contributed by atoms with E-state index in [4.69, 9.17) is 16.7 Å². The van der Waals surface area contributed by atoms with Crippen molar-refractivity contribution in [3.8, 4) is 0 Å². The highest BCUT2D eigenvalue weighted by molar-refractivity contribution is 9.10. The molecule has 1 aromatic carbocycles. The SMILES string of the molecule is CC(C)CNC(=O)c1cc(S(N)(=O)=O)c(Br)cc1Cl. The summed E-state index contributed by atoms with van der Waals surface area (Å²) < 4.78 is 23.0. The quantitative estimate of drug-likeness (QED) is 0.852. The number of carbonyl (C=O) groups is 1. The maximum Gasteiger partial charge on any atom is 0.252 e. The van der Waals surface area contributed by atoms with E-state index in [0.29, 0.717) is 6.54 Å². The zero-order valence-electron chi connectivity index (χ0n) is 10.4. The molecule has 0 aromatic heterocycles. The lowest BCUT2D eigenvalue weighted by Crippen LogP contribution is -2.28. The number of sulfonamides is 1. The van der Waals surface area contributed by atoms with Gasteiger partial charge in [0.1, 0.15) is 0 Å². The van der Waals surface area contributed by atoms with Crippen molar-refractivity contribution in [3.05, 3.63) is 27.2 Å². The minimum absolute atomic E-state index is 0.0783. The van der Waals surface area contributed by atoms with Crippen LogP contribution in [-0.4, -0.2) is 20.9 Å². The number of nitrogens with two attached hydrogens (primary N) is 1. The predicted molar refractivity (Wildman–Crippen MR) is 77.7 cm³/mol. The Kier molecular flexibility index (Phi) is 5.37. The van der Waals surface area contributed by atoms with E-state index < -0.39 is 15.9 Å². The van der Waals surface area contributed by atoms with Crippen molar-refractivity contribution < 1.29 is 13.2 Å². The van der Waals surface area contributed by atoms with Crippen molar-refractivity contribution in [1.82, 2.24) is 5.32 Å². The highest BCUT2D eigenvalue weighted by Gasteiger charge is 2.19. The van der Waals surface area contributed by atoms with Gasteiger partial charge in [0, 0.05) is 11.0 Å². The first-order chi connectivity index (χ1) is 8.62. The molecule has 0 radical (unpaired) electrons. The topological polar surface area (TPSA) is 89.3 Å². The predicted octanol–water partition coefficient (Wildman–Crippen LogP) is 2.14. The summed E-state index contributed by atoms with van der Waals surface area (Å²) in [5, 5.41) is 7.88. The molecule has 0 bridgehead atoms. The Morgan fingerprint density at radius 2 is 2.05 bits per heavy atom. The van der Waals surface area contributed by atoms with E-state index in [9.17, 15) is 13.2 Å². The van der Waals surface area contributed by atoms with E-state index in [-0.39, 0.29) is 25.9 Å². The van der Waals surface area contributed by atoms with E-state index in [2.05, 4.69) is 21.2 Å². The zero-order chi connectivity index (χ0) is 14.8. The van der Waals surface area contributed by atoms with Crippen molar-refractivity contribution in [1.29, 1.82) is 0 Å². The summed E-state index contributed by atoms with van der Waals surface area (Å²) in [6.07, 6.45) is 0. The molecule has 1 rings (SSSR count). The number of hydrogen-bond donors (Lipinski definition) is 2. The molecule has 0 saturated carbocycles. The fraction of sp³-hybridized carbons (Fsp3) is 0.364. The molecule has 0 saturated heterocycles. The van der Waals surface area contributed by atoms with E-state index in [0.717, 1.165) is 6.07 Å². The number of amides is 1. The summed E-state index contributed by atoms with van der Waals surface area (Å²) in [6, 6.07) is 2.50. The zero-order valence-corrected chi connectivity index (χ0v) is 13.6. The van der Waals surface area contributed by atoms with Crippen LogP contribution >= 0.6 is 27.5 Å². The normalized spacial score (nSPS) is 11.7. The van der Waals surface area contributed by atoms with Crippen LogP contribution in [-0.2, 0) is 10.0 Å². The highest BCUT2D eigenvalue weighted by atomic mass is 79.9. The number of halogens is 2. The lowest BCUT2D eigenvalue weighted by Gasteiger charge is -2.11. The molecule has 1 aromatic rings. The Morgan fingerprint density at radius 1 is 1.47 bits per heavy atom. The summed E-state index contributed by atoms with van der Waals surface area (Å²) in [4.78, 5) is 11.7. The Morgan fingerprint density at radius 3 is 2.53 bits per heavy atom. The van der Waals surface area contributed by atoms with Gasteiger partial charge in [0.05, 0.1) is 15.5 Å². The number of hydrogen-bond acceptors (Lipinski definition) is 3. The number of benzene rings is 1. The lowest BCUT2D eigenvalue weighted by atomic mass is 10.2. The molecule has 1 amide bonds. The van der Waals surface area contributed by atoms with Crippen LogP contribution in [0.4, 0.5) is 0 Å². The van der Waals surface area contributed by atoms with Gasteiger partial charge < -0.3 is 5.32 Å².